The Kier molecular flexibility index (Phi) is 4.08. The Morgan fingerprint density at radius 3 is 2.90 bits per heavy atom. The van der Waals surface area contributed by atoms with Gasteiger partial charge in [-0.1, -0.05) is 12.8 Å². The number of hydrogen-bond acceptors (Lipinski definition) is 4. The van der Waals surface area contributed by atoms with Crippen LogP contribution in [-0.4, -0.2) is 39.6 Å². The molecule has 5 nitrogen and oxygen atoms in total. The summed E-state index contributed by atoms with van der Waals surface area (Å²) >= 11 is 0. The van der Waals surface area contributed by atoms with Crippen molar-refractivity contribution in [1.82, 2.24) is 20.1 Å². The van der Waals surface area contributed by atoms with Gasteiger partial charge >= 0.3 is 0 Å². The summed E-state index contributed by atoms with van der Waals surface area (Å²) < 4.78 is 7.87. The van der Waals surface area contributed by atoms with Crippen LogP contribution >= 0.6 is 0 Å². The van der Waals surface area contributed by atoms with Crippen LogP contribution in [0.1, 0.15) is 46.0 Å². The van der Waals surface area contributed by atoms with Crippen LogP contribution in [0.3, 0.4) is 0 Å². The van der Waals surface area contributed by atoms with Crippen LogP contribution in [0.2, 0.25) is 0 Å². The monoisotopic (exact) mass is 278 g/mol. The van der Waals surface area contributed by atoms with Crippen molar-refractivity contribution in [3.05, 3.63) is 12.7 Å². The number of nitrogens with one attached hydrogen (secondary N) is 1. The van der Waals surface area contributed by atoms with Gasteiger partial charge in [0.25, 0.3) is 0 Å². The third-order valence-electron chi connectivity index (χ3n) is 5.10. The molecule has 0 aliphatic heterocycles. The first kappa shape index (κ1) is 14.0. The molecule has 1 spiro atoms. The van der Waals surface area contributed by atoms with Gasteiger partial charge in [0, 0.05) is 24.1 Å². The van der Waals surface area contributed by atoms with E-state index in [4.69, 9.17) is 4.74 Å². The normalized spacial score (nSPS) is 29.5. The first-order valence-corrected chi connectivity index (χ1v) is 7.94. The van der Waals surface area contributed by atoms with E-state index in [1.807, 2.05) is 4.68 Å². The fraction of sp³-hybridized carbons (Fsp3) is 0.867. The molecule has 0 bridgehead atoms. The quantitative estimate of drug-likeness (QED) is 0.864. The molecule has 0 saturated heterocycles. The number of hydrogen-bond donors (Lipinski definition) is 1. The van der Waals surface area contributed by atoms with Crippen LogP contribution < -0.4 is 5.32 Å². The first-order chi connectivity index (χ1) is 9.74. The van der Waals surface area contributed by atoms with Gasteiger partial charge in [-0.05, 0) is 33.1 Å². The van der Waals surface area contributed by atoms with Crippen molar-refractivity contribution >= 4 is 0 Å². The summed E-state index contributed by atoms with van der Waals surface area (Å²) in [5, 5.41) is 7.99. The van der Waals surface area contributed by atoms with Crippen molar-refractivity contribution in [3.8, 4) is 0 Å². The van der Waals surface area contributed by atoms with Crippen molar-refractivity contribution in [2.75, 3.05) is 6.61 Å². The van der Waals surface area contributed by atoms with Crippen molar-refractivity contribution < 1.29 is 4.74 Å². The van der Waals surface area contributed by atoms with Crippen LogP contribution in [0.4, 0.5) is 0 Å². The van der Waals surface area contributed by atoms with E-state index < -0.39 is 0 Å². The number of rotatable bonds is 6. The van der Waals surface area contributed by atoms with Gasteiger partial charge < -0.3 is 10.1 Å². The van der Waals surface area contributed by atoms with Crippen LogP contribution in [0.15, 0.2) is 12.7 Å². The Balaban J connectivity index is 1.57. The van der Waals surface area contributed by atoms with Gasteiger partial charge in [-0.2, -0.15) is 5.10 Å². The van der Waals surface area contributed by atoms with Crippen LogP contribution in [0, 0.1) is 5.41 Å². The van der Waals surface area contributed by atoms with E-state index in [0.717, 1.165) is 19.6 Å². The van der Waals surface area contributed by atoms with Gasteiger partial charge in [-0.15, -0.1) is 0 Å². The second-order valence-electron chi connectivity index (χ2n) is 6.36. The predicted octanol–water partition coefficient (Wildman–Crippen LogP) is 1.99. The predicted molar refractivity (Wildman–Crippen MR) is 77.3 cm³/mol. The molecule has 20 heavy (non-hydrogen) atoms. The van der Waals surface area contributed by atoms with Crippen LogP contribution in [-0.2, 0) is 11.3 Å². The van der Waals surface area contributed by atoms with E-state index in [2.05, 4.69) is 29.2 Å². The topological polar surface area (TPSA) is 52.0 Å². The first-order valence-electron chi connectivity index (χ1n) is 7.94. The highest BCUT2D eigenvalue weighted by Gasteiger charge is 2.56. The Bertz CT molecular complexity index is 414. The zero-order chi connectivity index (χ0) is 14.0. The van der Waals surface area contributed by atoms with Gasteiger partial charge in [0.2, 0.25) is 0 Å². The van der Waals surface area contributed by atoms with Crippen LogP contribution in [0.25, 0.3) is 0 Å². The maximum Gasteiger partial charge on any atom is 0.137 e. The summed E-state index contributed by atoms with van der Waals surface area (Å²) in [7, 11) is 0. The summed E-state index contributed by atoms with van der Waals surface area (Å²) in [6.07, 6.45) is 10.4. The minimum Gasteiger partial charge on any atom is -0.378 e. The minimum absolute atomic E-state index is 0.409. The summed E-state index contributed by atoms with van der Waals surface area (Å²) in [5.74, 6) is 0. The zero-order valence-corrected chi connectivity index (χ0v) is 12.6. The molecule has 5 heteroatoms. The van der Waals surface area contributed by atoms with Crippen molar-refractivity contribution in [2.24, 2.45) is 5.41 Å². The molecule has 1 heterocycles. The van der Waals surface area contributed by atoms with E-state index in [9.17, 15) is 0 Å². The average molecular weight is 278 g/mol. The highest BCUT2D eigenvalue weighted by molar-refractivity contribution is 5.10. The molecule has 2 saturated carbocycles. The Labute approximate surface area is 121 Å². The minimum atomic E-state index is 0.409. The lowest BCUT2D eigenvalue weighted by atomic mass is 9.60. The summed E-state index contributed by atoms with van der Waals surface area (Å²) in [6.45, 7) is 6.06. The molecule has 0 amide bonds. The van der Waals surface area contributed by atoms with Gasteiger partial charge in [-0.3, -0.25) is 4.68 Å². The number of nitrogens with zero attached hydrogens (tertiary/aromatic N) is 3. The molecule has 0 radical (unpaired) electrons. The van der Waals surface area contributed by atoms with Crippen LogP contribution in [0.5, 0.6) is 0 Å². The van der Waals surface area contributed by atoms with E-state index in [1.165, 1.54) is 25.7 Å². The maximum absolute atomic E-state index is 5.97. The largest absolute Gasteiger partial charge is 0.378 e. The Morgan fingerprint density at radius 2 is 2.25 bits per heavy atom. The van der Waals surface area contributed by atoms with Gasteiger partial charge in [0.15, 0.2) is 0 Å². The second kappa shape index (κ2) is 5.82. The highest BCUT2D eigenvalue weighted by Crippen LogP contribution is 2.54. The molecule has 1 aromatic heterocycles. The Morgan fingerprint density at radius 1 is 1.45 bits per heavy atom. The molecule has 2 fully saturated rings. The molecule has 0 unspecified atom stereocenters. The van der Waals surface area contributed by atoms with E-state index in [-0.39, 0.29) is 0 Å². The molecule has 3 atom stereocenters. The molecule has 1 N–H and O–H groups in total. The van der Waals surface area contributed by atoms with E-state index in [1.54, 1.807) is 12.7 Å². The van der Waals surface area contributed by atoms with Crippen molar-refractivity contribution in [2.45, 2.75) is 70.7 Å². The van der Waals surface area contributed by atoms with Gasteiger partial charge in [-0.25, -0.2) is 4.98 Å². The number of aromatic nitrogens is 3. The fourth-order valence-corrected chi connectivity index (χ4v) is 4.12. The summed E-state index contributed by atoms with van der Waals surface area (Å²) in [6, 6.07) is 1.03. The maximum atomic E-state index is 5.97. The molecular weight excluding hydrogens is 252 g/mol. The summed E-state index contributed by atoms with van der Waals surface area (Å²) in [4.78, 5) is 4.00. The lowest BCUT2D eigenvalue weighted by Crippen LogP contribution is -2.64. The molecule has 2 aliphatic rings. The fourth-order valence-electron chi connectivity index (χ4n) is 4.12. The zero-order valence-electron chi connectivity index (χ0n) is 12.6. The molecule has 3 rings (SSSR count). The summed E-state index contributed by atoms with van der Waals surface area (Å²) in [5.41, 5.74) is 0.409. The standard InChI is InChI=1S/C15H26N4O/c1-3-20-14-8-13(15(14)6-4-5-7-15)18-12(2)9-19-11-16-10-17-19/h10-14,18H,3-9H2,1-2H3/t12-,13+,14+/m0/s1. The molecule has 112 valence electrons. The van der Waals surface area contributed by atoms with Gasteiger partial charge in [0.1, 0.15) is 12.7 Å². The van der Waals surface area contributed by atoms with Gasteiger partial charge in [0.05, 0.1) is 12.6 Å². The smallest absolute Gasteiger partial charge is 0.137 e. The lowest BCUT2D eigenvalue weighted by Gasteiger charge is -2.55. The molecule has 1 aromatic rings. The number of ether oxygens (including phenoxy) is 1. The average Bonchev–Trinajstić information content (AvgIpc) is 3.09. The van der Waals surface area contributed by atoms with E-state index in [0.29, 0.717) is 23.6 Å². The highest BCUT2D eigenvalue weighted by atomic mass is 16.5. The lowest BCUT2D eigenvalue weighted by molar-refractivity contribution is -0.132. The van der Waals surface area contributed by atoms with E-state index >= 15 is 0 Å². The third-order valence-corrected chi connectivity index (χ3v) is 5.10. The third kappa shape index (κ3) is 2.49. The second-order valence-corrected chi connectivity index (χ2v) is 6.36. The molecule has 0 aromatic carbocycles. The molecule has 2 aliphatic carbocycles. The van der Waals surface area contributed by atoms with Crippen molar-refractivity contribution in [3.63, 3.8) is 0 Å². The van der Waals surface area contributed by atoms with Crippen molar-refractivity contribution in [1.29, 1.82) is 0 Å². The Hall–Kier alpha value is -0.940. The SMILES string of the molecule is CCO[C@@H]1C[C@@H](N[C@@H](C)Cn2cncn2)C12CCCC2. The molecular formula is C15H26N4O.